The van der Waals surface area contributed by atoms with Crippen LogP contribution in [0.4, 0.5) is 19.0 Å². The van der Waals surface area contributed by atoms with Crippen molar-refractivity contribution < 1.29 is 13.2 Å². The van der Waals surface area contributed by atoms with Crippen molar-refractivity contribution in [3.8, 4) is 0 Å². The predicted molar refractivity (Wildman–Crippen MR) is 75.2 cm³/mol. The van der Waals surface area contributed by atoms with E-state index in [1.165, 1.54) is 12.3 Å². The average Bonchev–Trinajstić information content (AvgIpc) is 3.00. The van der Waals surface area contributed by atoms with E-state index >= 15 is 0 Å². The first-order valence-corrected chi connectivity index (χ1v) is 7.59. The van der Waals surface area contributed by atoms with E-state index in [2.05, 4.69) is 10.3 Å². The van der Waals surface area contributed by atoms with E-state index in [9.17, 15) is 13.2 Å². The Morgan fingerprint density at radius 1 is 1.19 bits per heavy atom. The molecule has 6 heteroatoms. The summed E-state index contributed by atoms with van der Waals surface area (Å²) in [6.45, 7) is 1.62. The van der Waals surface area contributed by atoms with Crippen LogP contribution in [0.2, 0.25) is 0 Å². The minimum atomic E-state index is -4.35. The van der Waals surface area contributed by atoms with E-state index in [0.717, 1.165) is 44.7 Å². The predicted octanol–water partition coefficient (Wildman–Crippen LogP) is 3.21. The zero-order chi connectivity index (χ0) is 14.9. The van der Waals surface area contributed by atoms with Gasteiger partial charge >= 0.3 is 6.18 Å². The molecule has 0 aromatic carbocycles. The number of aromatic nitrogens is 1. The Morgan fingerprint density at radius 2 is 2.05 bits per heavy atom. The molecular formula is C15H20F3N3. The second-order valence-corrected chi connectivity index (χ2v) is 5.83. The van der Waals surface area contributed by atoms with Gasteiger partial charge in [-0.25, -0.2) is 4.98 Å². The topological polar surface area (TPSA) is 28.2 Å². The normalized spacial score (nSPS) is 27.1. The van der Waals surface area contributed by atoms with E-state index in [1.54, 1.807) is 0 Å². The molecule has 1 aromatic rings. The van der Waals surface area contributed by atoms with Crippen molar-refractivity contribution in [2.45, 2.75) is 50.4 Å². The van der Waals surface area contributed by atoms with Gasteiger partial charge < -0.3 is 10.2 Å². The Kier molecular flexibility index (Phi) is 4.06. The highest BCUT2D eigenvalue weighted by Gasteiger charge is 2.39. The molecule has 2 aliphatic heterocycles. The fourth-order valence-electron chi connectivity index (χ4n) is 3.53. The van der Waals surface area contributed by atoms with Gasteiger partial charge in [0.25, 0.3) is 0 Å². The largest absolute Gasteiger partial charge is 0.419 e. The second kappa shape index (κ2) is 5.83. The third kappa shape index (κ3) is 3.00. The summed E-state index contributed by atoms with van der Waals surface area (Å²) < 4.78 is 39.7. The summed E-state index contributed by atoms with van der Waals surface area (Å²) in [6, 6.07) is 2.90. The van der Waals surface area contributed by atoms with Crippen molar-refractivity contribution in [3.63, 3.8) is 0 Å². The summed E-state index contributed by atoms with van der Waals surface area (Å²) in [7, 11) is 0. The highest BCUT2D eigenvalue weighted by atomic mass is 19.4. The molecule has 0 aliphatic carbocycles. The molecule has 2 fully saturated rings. The Labute approximate surface area is 122 Å². The van der Waals surface area contributed by atoms with Gasteiger partial charge in [-0.05, 0) is 50.8 Å². The maximum atomic E-state index is 13.2. The molecule has 1 N–H and O–H groups in total. The number of piperidine rings is 1. The number of pyridine rings is 1. The van der Waals surface area contributed by atoms with E-state index < -0.39 is 11.7 Å². The first kappa shape index (κ1) is 14.6. The van der Waals surface area contributed by atoms with E-state index in [1.807, 2.05) is 4.90 Å². The van der Waals surface area contributed by atoms with Gasteiger partial charge in [0.1, 0.15) is 5.82 Å². The van der Waals surface area contributed by atoms with Crippen LogP contribution in [0.15, 0.2) is 18.3 Å². The Morgan fingerprint density at radius 3 is 2.76 bits per heavy atom. The molecule has 2 atom stereocenters. The molecule has 116 valence electrons. The number of nitrogens with one attached hydrogen (secondary N) is 1. The highest BCUT2D eigenvalue weighted by Crippen LogP contribution is 2.38. The number of alkyl halides is 3. The number of halogens is 3. The van der Waals surface area contributed by atoms with Crippen LogP contribution in [0.25, 0.3) is 0 Å². The number of anilines is 1. The van der Waals surface area contributed by atoms with Crippen LogP contribution in [0, 0.1) is 0 Å². The van der Waals surface area contributed by atoms with E-state index in [-0.39, 0.29) is 17.9 Å². The van der Waals surface area contributed by atoms with E-state index in [4.69, 9.17) is 0 Å². The van der Waals surface area contributed by atoms with Gasteiger partial charge in [-0.2, -0.15) is 13.2 Å². The smallest absolute Gasteiger partial charge is 0.352 e. The maximum Gasteiger partial charge on any atom is 0.419 e. The molecule has 0 bridgehead atoms. The number of rotatable bonds is 2. The molecule has 3 nitrogen and oxygen atoms in total. The van der Waals surface area contributed by atoms with Crippen molar-refractivity contribution in [2.24, 2.45) is 0 Å². The van der Waals surface area contributed by atoms with Gasteiger partial charge in [0.2, 0.25) is 0 Å². The van der Waals surface area contributed by atoms with Gasteiger partial charge in [-0.1, -0.05) is 0 Å². The zero-order valence-electron chi connectivity index (χ0n) is 11.9. The van der Waals surface area contributed by atoms with Crippen molar-refractivity contribution in [1.29, 1.82) is 0 Å². The summed E-state index contributed by atoms with van der Waals surface area (Å²) in [5, 5.41) is 3.43. The molecule has 21 heavy (non-hydrogen) atoms. The molecule has 0 saturated carbocycles. The van der Waals surface area contributed by atoms with Crippen LogP contribution in [0.1, 0.15) is 37.7 Å². The summed E-state index contributed by atoms with van der Waals surface area (Å²) in [6.07, 6.45) is 2.18. The number of hydrogen-bond acceptors (Lipinski definition) is 3. The lowest BCUT2D eigenvalue weighted by atomic mass is 9.94. The van der Waals surface area contributed by atoms with Crippen LogP contribution in [-0.4, -0.2) is 30.2 Å². The van der Waals surface area contributed by atoms with Gasteiger partial charge in [-0.15, -0.1) is 0 Å². The zero-order valence-corrected chi connectivity index (χ0v) is 11.9. The summed E-state index contributed by atoms with van der Waals surface area (Å²) >= 11 is 0. The van der Waals surface area contributed by atoms with Gasteiger partial charge in [0.15, 0.2) is 0 Å². The molecule has 0 spiro atoms. The lowest BCUT2D eigenvalue weighted by Crippen LogP contribution is -2.51. The lowest BCUT2D eigenvalue weighted by Gasteiger charge is -2.41. The molecule has 3 heterocycles. The van der Waals surface area contributed by atoms with Crippen molar-refractivity contribution in [3.05, 3.63) is 23.9 Å². The van der Waals surface area contributed by atoms with Crippen molar-refractivity contribution in [1.82, 2.24) is 10.3 Å². The third-order valence-corrected chi connectivity index (χ3v) is 4.48. The fraction of sp³-hybridized carbons (Fsp3) is 0.667. The third-order valence-electron chi connectivity index (χ3n) is 4.48. The highest BCUT2D eigenvalue weighted by molar-refractivity contribution is 5.50. The first-order chi connectivity index (χ1) is 10.1. The second-order valence-electron chi connectivity index (χ2n) is 5.83. The van der Waals surface area contributed by atoms with Crippen molar-refractivity contribution in [2.75, 3.05) is 18.0 Å². The molecule has 2 saturated heterocycles. The minimum absolute atomic E-state index is 0.100. The van der Waals surface area contributed by atoms with Gasteiger partial charge in [-0.3, -0.25) is 0 Å². The molecule has 3 rings (SSSR count). The molecule has 0 amide bonds. The van der Waals surface area contributed by atoms with Crippen LogP contribution >= 0.6 is 0 Å². The number of nitrogens with zero attached hydrogens (tertiary/aromatic N) is 2. The Balaban J connectivity index is 1.93. The van der Waals surface area contributed by atoms with Gasteiger partial charge in [0.05, 0.1) is 5.56 Å². The van der Waals surface area contributed by atoms with Crippen LogP contribution in [0.3, 0.4) is 0 Å². The molecule has 0 radical (unpaired) electrons. The SMILES string of the molecule is FC(F)(F)c1cccnc1N1CCCCC1C1CCCN1. The average molecular weight is 299 g/mol. The molecule has 1 aromatic heterocycles. The van der Waals surface area contributed by atoms with E-state index in [0.29, 0.717) is 6.54 Å². The first-order valence-electron chi connectivity index (χ1n) is 7.59. The van der Waals surface area contributed by atoms with Crippen LogP contribution in [-0.2, 0) is 6.18 Å². The molecule has 2 unspecified atom stereocenters. The monoisotopic (exact) mass is 299 g/mol. The standard InChI is InChI=1S/C15H20F3N3/c16-15(17,18)11-5-3-9-20-14(11)21-10-2-1-7-13(21)12-6-4-8-19-12/h3,5,9,12-13,19H,1-2,4,6-8,10H2. The Hall–Kier alpha value is -1.30. The summed E-state index contributed by atoms with van der Waals surface area (Å²) in [5.74, 6) is 0.100. The van der Waals surface area contributed by atoms with Crippen LogP contribution < -0.4 is 10.2 Å². The quantitative estimate of drug-likeness (QED) is 0.909. The minimum Gasteiger partial charge on any atom is -0.352 e. The number of hydrogen-bond donors (Lipinski definition) is 1. The summed E-state index contributed by atoms with van der Waals surface area (Å²) in [5.41, 5.74) is -0.616. The maximum absolute atomic E-state index is 13.2. The van der Waals surface area contributed by atoms with Gasteiger partial charge in [0, 0.05) is 24.8 Å². The lowest BCUT2D eigenvalue weighted by molar-refractivity contribution is -0.137. The fourth-order valence-corrected chi connectivity index (χ4v) is 3.53. The van der Waals surface area contributed by atoms with Crippen LogP contribution in [0.5, 0.6) is 0 Å². The molecule has 2 aliphatic rings. The van der Waals surface area contributed by atoms with Crippen molar-refractivity contribution >= 4 is 5.82 Å². The Bertz CT molecular complexity index is 483. The summed E-state index contributed by atoms with van der Waals surface area (Å²) in [4.78, 5) is 5.95. The molecular weight excluding hydrogens is 279 g/mol.